The summed E-state index contributed by atoms with van der Waals surface area (Å²) >= 11 is 0. The minimum Gasteiger partial charge on any atom is -0.462 e. The highest BCUT2D eigenvalue weighted by atomic mass is 32.2. The first-order valence-corrected chi connectivity index (χ1v) is 24.2. The largest absolute Gasteiger partial charge is 0.462 e. The van der Waals surface area contributed by atoms with Gasteiger partial charge in [-0.25, -0.2) is 0 Å². The zero-order valence-electron chi connectivity index (χ0n) is 35.9. The molecule has 4 N–H and O–H groups in total. The summed E-state index contributed by atoms with van der Waals surface area (Å²) in [5.41, 5.74) is 0. The number of unbranched alkanes of at least 4 members (excludes halogenated alkanes) is 19. The van der Waals surface area contributed by atoms with Crippen LogP contribution >= 0.6 is 0 Å². The van der Waals surface area contributed by atoms with Crippen molar-refractivity contribution in [2.45, 2.75) is 218 Å². The predicted molar refractivity (Wildman–Crippen MR) is 229 cm³/mol. The van der Waals surface area contributed by atoms with Crippen LogP contribution in [0.4, 0.5) is 0 Å². The average Bonchev–Trinajstić information content (AvgIpc) is 3.18. The number of carbonyl (C=O) groups is 2. The maximum Gasteiger partial charge on any atom is 0.306 e. The van der Waals surface area contributed by atoms with Gasteiger partial charge in [0.05, 0.1) is 6.61 Å². The molecule has 0 radical (unpaired) electrons. The van der Waals surface area contributed by atoms with Gasteiger partial charge in [-0.15, -0.1) is 0 Å². The topological polar surface area (TPSA) is 186 Å². The van der Waals surface area contributed by atoms with Crippen LogP contribution < -0.4 is 0 Å². The summed E-state index contributed by atoms with van der Waals surface area (Å²) < 4.78 is 54.0. The first kappa shape index (κ1) is 53.9. The highest BCUT2D eigenvalue weighted by Gasteiger charge is 2.46. The summed E-state index contributed by atoms with van der Waals surface area (Å²) in [4.78, 5) is 25.4. The predicted octanol–water partition coefficient (Wildman–Crippen LogP) is 9.00. The molecule has 0 spiro atoms. The molecule has 0 saturated carbocycles. The third-order valence-corrected chi connectivity index (χ3v) is 10.9. The maximum absolute atomic E-state index is 12.8. The number of rotatable bonds is 37. The Kier molecular flexibility index (Phi) is 33.1. The fraction of sp³-hybridized carbons (Fsp3) is 0.822. The van der Waals surface area contributed by atoms with Gasteiger partial charge in [0.25, 0.3) is 10.1 Å². The number of ether oxygens (including phenoxy) is 4. The molecule has 1 saturated heterocycles. The average molecular weight is 845 g/mol. The van der Waals surface area contributed by atoms with Crippen LogP contribution in [0.2, 0.25) is 0 Å². The lowest BCUT2D eigenvalue weighted by Gasteiger charge is -2.40. The Labute approximate surface area is 351 Å². The van der Waals surface area contributed by atoms with Gasteiger partial charge >= 0.3 is 11.9 Å². The number of aliphatic hydroxyl groups is 3. The smallest absolute Gasteiger partial charge is 0.306 e. The van der Waals surface area contributed by atoms with Crippen molar-refractivity contribution in [1.82, 2.24) is 0 Å². The van der Waals surface area contributed by atoms with Crippen molar-refractivity contribution >= 4 is 22.1 Å². The standard InChI is InChI=1S/C45H80O12S/c1-3-5-7-9-11-13-15-17-19-21-23-25-27-29-31-33-40(46)54-35-38(36-55-45-44(50)43(49)42(48)39(57-45)37-58(51,52)53)56-41(47)34-32-30-28-26-24-22-20-18-16-14-12-10-8-6-4-2/h12,14,17-20,38-39,42-45,48-50H,3-11,13,15-16,21-37H2,1-2H3,(H,51,52,53)/b14-12-,19-17-,20-18-. The van der Waals surface area contributed by atoms with E-state index in [1.165, 1.54) is 57.8 Å². The molecule has 0 amide bonds. The van der Waals surface area contributed by atoms with E-state index in [2.05, 4.69) is 50.3 Å². The zero-order chi connectivity index (χ0) is 42.7. The van der Waals surface area contributed by atoms with E-state index in [4.69, 9.17) is 18.9 Å². The van der Waals surface area contributed by atoms with E-state index >= 15 is 0 Å². The van der Waals surface area contributed by atoms with Crippen LogP contribution in [-0.2, 0) is 38.7 Å². The molecule has 6 atom stereocenters. The first-order valence-electron chi connectivity index (χ1n) is 22.5. The molecule has 12 nitrogen and oxygen atoms in total. The Morgan fingerprint density at radius 3 is 1.57 bits per heavy atom. The van der Waals surface area contributed by atoms with Gasteiger partial charge in [-0.05, 0) is 70.6 Å². The van der Waals surface area contributed by atoms with Crippen LogP contribution in [-0.4, -0.2) is 96.0 Å². The van der Waals surface area contributed by atoms with Gasteiger partial charge in [-0.1, -0.05) is 134 Å². The molecule has 6 unspecified atom stereocenters. The Bertz CT molecular complexity index is 1220. The third-order valence-electron chi connectivity index (χ3n) is 10.2. The molecule has 13 heteroatoms. The molecule has 0 aromatic rings. The third kappa shape index (κ3) is 30.0. The van der Waals surface area contributed by atoms with Crippen LogP contribution in [0.5, 0.6) is 0 Å². The van der Waals surface area contributed by atoms with Gasteiger partial charge in [-0.2, -0.15) is 8.42 Å². The summed E-state index contributed by atoms with van der Waals surface area (Å²) in [5.74, 6) is -2.01. The van der Waals surface area contributed by atoms with Crippen molar-refractivity contribution in [2.24, 2.45) is 0 Å². The molecule has 1 rings (SSSR count). The molecule has 58 heavy (non-hydrogen) atoms. The number of hydrogen-bond acceptors (Lipinski definition) is 11. The fourth-order valence-corrected chi connectivity index (χ4v) is 7.33. The summed E-state index contributed by atoms with van der Waals surface area (Å²) in [6.45, 7) is 3.70. The van der Waals surface area contributed by atoms with Gasteiger partial charge in [0.2, 0.25) is 0 Å². The van der Waals surface area contributed by atoms with E-state index in [1.807, 2.05) is 0 Å². The first-order chi connectivity index (χ1) is 28.0. The van der Waals surface area contributed by atoms with Crippen molar-refractivity contribution in [3.05, 3.63) is 36.5 Å². The number of aliphatic hydroxyl groups excluding tert-OH is 3. The molecule has 1 aliphatic heterocycles. The van der Waals surface area contributed by atoms with Crippen molar-refractivity contribution in [3.8, 4) is 0 Å². The highest BCUT2D eigenvalue weighted by Crippen LogP contribution is 2.24. The van der Waals surface area contributed by atoms with E-state index in [1.54, 1.807) is 0 Å². The molecule has 0 aromatic carbocycles. The van der Waals surface area contributed by atoms with E-state index in [-0.39, 0.29) is 19.4 Å². The summed E-state index contributed by atoms with van der Waals surface area (Å²) in [5, 5.41) is 30.9. The number of hydrogen-bond donors (Lipinski definition) is 4. The number of allylic oxidation sites excluding steroid dienone is 6. The van der Waals surface area contributed by atoms with Crippen LogP contribution in [0.15, 0.2) is 36.5 Å². The fourth-order valence-electron chi connectivity index (χ4n) is 6.64. The summed E-state index contributed by atoms with van der Waals surface area (Å²) in [7, 11) is -4.60. The molecule has 1 heterocycles. The van der Waals surface area contributed by atoms with E-state index in [0.29, 0.717) is 12.8 Å². The molecule has 0 bridgehead atoms. The zero-order valence-corrected chi connectivity index (χ0v) is 36.7. The normalized spacial score (nSPS) is 20.7. The van der Waals surface area contributed by atoms with Crippen molar-refractivity contribution in [2.75, 3.05) is 19.0 Å². The monoisotopic (exact) mass is 845 g/mol. The lowest BCUT2D eigenvalue weighted by Crippen LogP contribution is -2.60. The second-order valence-electron chi connectivity index (χ2n) is 15.7. The Hall–Kier alpha value is -2.13. The van der Waals surface area contributed by atoms with Gasteiger partial charge in [0, 0.05) is 12.8 Å². The minimum absolute atomic E-state index is 0.147. The maximum atomic E-state index is 12.8. The highest BCUT2D eigenvalue weighted by molar-refractivity contribution is 7.85. The van der Waals surface area contributed by atoms with E-state index in [9.17, 15) is 37.9 Å². The van der Waals surface area contributed by atoms with Crippen LogP contribution in [0.25, 0.3) is 0 Å². The molecular weight excluding hydrogens is 765 g/mol. The molecule has 1 fully saturated rings. The summed E-state index contributed by atoms with van der Waals surface area (Å²) in [6.07, 6.45) is 30.4. The molecule has 0 aromatic heterocycles. The SMILES string of the molecule is CCCCC/C=C\C/C=C\CCCCCCCC(=O)OC(COC(=O)CCCCCCC/C=C\CCCCCCCC)COC1OC(CS(=O)(=O)O)C(O)C(O)C1O. The van der Waals surface area contributed by atoms with E-state index in [0.717, 1.165) is 83.5 Å². The van der Waals surface area contributed by atoms with Gasteiger partial charge in [0.15, 0.2) is 12.4 Å². The van der Waals surface area contributed by atoms with Crippen molar-refractivity contribution in [3.63, 3.8) is 0 Å². The Morgan fingerprint density at radius 2 is 1.03 bits per heavy atom. The second kappa shape index (κ2) is 35.6. The van der Waals surface area contributed by atoms with Crippen molar-refractivity contribution < 1.29 is 56.8 Å². The van der Waals surface area contributed by atoms with Crippen molar-refractivity contribution in [1.29, 1.82) is 0 Å². The lowest BCUT2D eigenvalue weighted by atomic mass is 10.00. The Balaban J connectivity index is 2.47. The Morgan fingerprint density at radius 1 is 0.586 bits per heavy atom. The van der Waals surface area contributed by atoms with E-state index < -0.39 is 71.2 Å². The second-order valence-corrected chi connectivity index (χ2v) is 17.2. The van der Waals surface area contributed by atoms with Crippen LogP contribution in [0.1, 0.15) is 181 Å². The van der Waals surface area contributed by atoms with Gasteiger partial charge < -0.3 is 34.3 Å². The minimum atomic E-state index is -4.60. The quantitative estimate of drug-likeness (QED) is 0.0202. The van der Waals surface area contributed by atoms with Gasteiger partial charge in [0.1, 0.15) is 36.8 Å². The molecular formula is C45H80O12S. The van der Waals surface area contributed by atoms with Crippen LogP contribution in [0, 0.1) is 0 Å². The molecule has 1 aliphatic rings. The number of esters is 2. The number of carbonyl (C=O) groups excluding carboxylic acids is 2. The molecule has 0 aliphatic carbocycles. The van der Waals surface area contributed by atoms with Crippen LogP contribution in [0.3, 0.4) is 0 Å². The summed E-state index contributed by atoms with van der Waals surface area (Å²) in [6, 6.07) is 0. The molecule has 338 valence electrons. The lowest BCUT2D eigenvalue weighted by molar-refractivity contribution is -0.297. The van der Waals surface area contributed by atoms with Gasteiger partial charge in [-0.3, -0.25) is 14.1 Å².